The highest BCUT2D eigenvalue weighted by atomic mass is 32.1. The molecule has 2 bridgehead atoms. The van der Waals surface area contributed by atoms with Crippen LogP contribution in [0.1, 0.15) is 40.0 Å². The molecule has 4 aromatic carbocycles. The first-order chi connectivity index (χ1) is 28.1. The number of carbonyl (C=O) groups excluding carboxylic acids is 5. The number of hydrogen-bond donors (Lipinski definition) is 5. The standard InChI is InChI=1S/C45H45N5O7S/c51-40-20-21-41(52)47-38(26-36-15-8-22-58-36)44(56)48-37(24-31-16-18-35(19-17-31)34-13-5-2-6-14-34)43(55)49-39(25-30-9-3-1-4-10-30)45(57)50(29-42(53)54)28-33-12-7-11-32(23-33)27-46-40/h1-19,22-23,37-39H,20-21,24-29H2,(H,46,51)(H,47,52)(H,48,56)(H,49,55)(H,53,54). The Labute approximate surface area is 340 Å². The molecule has 1 aliphatic rings. The van der Waals surface area contributed by atoms with Crippen molar-refractivity contribution >= 4 is 46.8 Å². The van der Waals surface area contributed by atoms with Crippen LogP contribution < -0.4 is 21.3 Å². The van der Waals surface area contributed by atoms with Crippen LogP contribution in [0.15, 0.2) is 127 Å². The average molecular weight is 800 g/mol. The number of carbonyl (C=O) groups is 6. The molecule has 3 atom stereocenters. The smallest absolute Gasteiger partial charge is 0.323 e. The molecular weight excluding hydrogens is 755 g/mol. The second-order valence-corrected chi connectivity index (χ2v) is 15.2. The van der Waals surface area contributed by atoms with E-state index in [1.165, 1.54) is 16.2 Å². The van der Waals surface area contributed by atoms with Gasteiger partial charge in [-0.2, -0.15) is 0 Å². The van der Waals surface area contributed by atoms with Crippen molar-refractivity contribution in [1.82, 2.24) is 26.2 Å². The van der Waals surface area contributed by atoms with Gasteiger partial charge in [0.2, 0.25) is 29.5 Å². The summed E-state index contributed by atoms with van der Waals surface area (Å²) in [5.74, 6) is -4.05. The number of thiophene rings is 1. The Kier molecular flexibility index (Phi) is 14.2. The van der Waals surface area contributed by atoms with E-state index in [9.17, 15) is 33.9 Å². The summed E-state index contributed by atoms with van der Waals surface area (Å²) in [4.78, 5) is 83.4. The molecule has 0 spiro atoms. The molecule has 13 heteroatoms. The van der Waals surface area contributed by atoms with E-state index in [2.05, 4.69) is 21.3 Å². The van der Waals surface area contributed by atoms with E-state index in [0.29, 0.717) is 11.1 Å². The van der Waals surface area contributed by atoms with Crippen molar-refractivity contribution in [3.05, 3.63) is 154 Å². The summed E-state index contributed by atoms with van der Waals surface area (Å²) in [5.41, 5.74) is 4.72. The molecule has 58 heavy (non-hydrogen) atoms. The molecule has 3 unspecified atom stereocenters. The predicted molar refractivity (Wildman–Crippen MR) is 220 cm³/mol. The lowest BCUT2D eigenvalue weighted by atomic mass is 9.99. The van der Waals surface area contributed by atoms with Gasteiger partial charge in [-0.05, 0) is 44.8 Å². The Morgan fingerprint density at radius 3 is 1.91 bits per heavy atom. The lowest BCUT2D eigenvalue weighted by molar-refractivity contribution is -0.146. The van der Waals surface area contributed by atoms with Gasteiger partial charge in [0.05, 0.1) is 0 Å². The molecule has 0 fully saturated rings. The average Bonchev–Trinajstić information content (AvgIpc) is 3.75. The van der Waals surface area contributed by atoms with Gasteiger partial charge in [-0.1, -0.05) is 115 Å². The number of nitrogens with zero attached hydrogens (tertiary/aromatic N) is 1. The minimum atomic E-state index is -1.24. The van der Waals surface area contributed by atoms with Gasteiger partial charge >= 0.3 is 5.97 Å². The van der Waals surface area contributed by atoms with Gasteiger partial charge < -0.3 is 31.3 Å². The SMILES string of the molecule is O=C(O)CN1Cc2cccc(c2)CNC(=O)CCC(=O)NC(Cc2cccs2)C(=O)NC(Cc2ccc(-c3ccccc3)cc2)C(=O)NC(Cc2ccccc2)C1=O. The van der Waals surface area contributed by atoms with Crippen LogP contribution in [0.2, 0.25) is 0 Å². The number of benzene rings is 4. The minimum absolute atomic E-state index is 0.0321. The maximum absolute atomic E-state index is 14.5. The Morgan fingerprint density at radius 2 is 1.22 bits per heavy atom. The van der Waals surface area contributed by atoms with Crippen molar-refractivity contribution in [1.29, 1.82) is 0 Å². The van der Waals surface area contributed by atoms with Crippen molar-refractivity contribution in [3.63, 3.8) is 0 Å². The van der Waals surface area contributed by atoms with E-state index in [1.54, 1.807) is 48.5 Å². The number of carboxylic acids is 1. The molecule has 0 saturated carbocycles. The van der Waals surface area contributed by atoms with E-state index in [-0.39, 0.29) is 51.1 Å². The normalized spacial score (nSPS) is 18.7. The molecule has 298 valence electrons. The molecule has 0 aliphatic carbocycles. The largest absolute Gasteiger partial charge is 0.480 e. The van der Waals surface area contributed by atoms with Gasteiger partial charge in [0.25, 0.3) is 0 Å². The molecule has 0 radical (unpaired) electrons. The number of carboxylic acid groups (broad SMARTS) is 1. The van der Waals surface area contributed by atoms with Crippen molar-refractivity contribution in [2.24, 2.45) is 0 Å². The maximum Gasteiger partial charge on any atom is 0.323 e. The number of rotatable bonds is 9. The summed E-state index contributed by atoms with van der Waals surface area (Å²) >= 11 is 1.41. The zero-order chi connectivity index (χ0) is 40.9. The second kappa shape index (κ2) is 20.0. The van der Waals surface area contributed by atoms with E-state index >= 15 is 0 Å². The third-order valence-electron chi connectivity index (χ3n) is 9.74. The van der Waals surface area contributed by atoms with Crippen LogP contribution in [-0.4, -0.2) is 70.2 Å². The first kappa shape index (κ1) is 41.0. The van der Waals surface area contributed by atoms with Crippen molar-refractivity contribution < 1.29 is 33.9 Å². The highest BCUT2D eigenvalue weighted by Crippen LogP contribution is 2.21. The monoisotopic (exact) mass is 799 g/mol. The summed E-state index contributed by atoms with van der Waals surface area (Å²) in [5, 5.41) is 23.1. The van der Waals surface area contributed by atoms with Crippen LogP contribution in [-0.2, 0) is 61.1 Å². The van der Waals surface area contributed by atoms with E-state index < -0.39 is 54.3 Å². The third-order valence-corrected chi connectivity index (χ3v) is 10.6. The summed E-state index contributed by atoms with van der Waals surface area (Å²) in [6.07, 6.45) is -0.101. The summed E-state index contributed by atoms with van der Waals surface area (Å²) in [7, 11) is 0. The minimum Gasteiger partial charge on any atom is -0.480 e. The predicted octanol–water partition coefficient (Wildman–Crippen LogP) is 4.42. The fourth-order valence-electron chi connectivity index (χ4n) is 6.78. The Balaban J connectivity index is 1.37. The molecule has 5 amide bonds. The zero-order valence-corrected chi connectivity index (χ0v) is 32.6. The molecule has 0 saturated heterocycles. The molecule has 5 aromatic rings. The fourth-order valence-corrected chi connectivity index (χ4v) is 7.53. The van der Waals surface area contributed by atoms with Gasteiger partial charge in [0.15, 0.2) is 0 Å². The summed E-state index contributed by atoms with van der Waals surface area (Å²) < 4.78 is 0. The van der Waals surface area contributed by atoms with Crippen molar-refractivity contribution in [2.45, 2.75) is 63.3 Å². The Hall–Kier alpha value is -6.60. The van der Waals surface area contributed by atoms with Gasteiger partial charge in [0, 0.05) is 50.1 Å². The highest BCUT2D eigenvalue weighted by molar-refractivity contribution is 7.09. The van der Waals surface area contributed by atoms with Gasteiger partial charge in [-0.25, -0.2) is 0 Å². The van der Waals surface area contributed by atoms with Gasteiger partial charge in [-0.15, -0.1) is 11.3 Å². The first-order valence-corrected chi connectivity index (χ1v) is 19.9. The zero-order valence-electron chi connectivity index (χ0n) is 31.8. The molecule has 1 aromatic heterocycles. The molecule has 6 rings (SSSR count). The first-order valence-electron chi connectivity index (χ1n) is 19.1. The number of amides is 5. The quantitative estimate of drug-likeness (QED) is 0.147. The van der Waals surface area contributed by atoms with Crippen LogP contribution in [0.25, 0.3) is 11.1 Å². The van der Waals surface area contributed by atoms with E-state index in [0.717, 1.165) is 27.1 Å². The Bertz CT molecular complexity index is 2200. The van der Waals surface area contributed by atoms with Crippen molar-refractivity contribution in [3.8, 4) is 11.1 Å². The molecular formula is C45H45N5O7S. The van der Waals surface area contributed by atoms with Crippen LogP contribution in [0, 0.1) is 0 Å². The number of aliphatic carboxylic acids is 1. The van der Waals surface area contributed by atoms with Crippen LogP contribution in [0.3, 0.4) is 0 Å². The highest BCUT2D eigenvalue weighted by Gasteiger charge is 2.33. The number of fused-ring (bicyclic) bond motifs is 2. The van der Waals surface area contributed by atoms with Gasteiger partial charge in [-0.3, -0.25) is 28.8 Å². The summed E-state index contributed by atoms with van der Waals surface area (Å²) in [6.45, 7) is -0.598. The lowest BCUT2D eigenvalue weighted by Gasteiger charge is -2.29. The van der Waals surface area contributed by atoms with Crippen LogP contribution in [0.5, 0.6) is 0 Å². The number of hydrogen-bond acceptors (Lipinski definition) is 7. The van der Waals surface area contributed by atoms with Crippen molar-refractivity contribution in [2.75, 3.05) is 6.54 Å². The van der Waals surface area contributed by atoms with E-state index in [4.69, 9.17) is 0 Å². The molecule has 12 nitrogen and oxygen atoms in total. The summed E-state index contributed by atoms with van der Waals surface area (Å²) in [6, 6.07) is 33.6. The second-order valence-electron chi connectivity index (χ2n) is 14.2. The third kappa shape index (κ3) is 12.0. The number of nitrogens with one attached hydrogen (secondary N) is 4. The molecule has 1 aliphatic heterocycles. The molecule has 5 N–H and O–H groups in total. The van der Waals surface area contributed by atoms with Crippen LogP contribution in [0.4, 0.5) is 0 Å². The van der Waals surface area contributed by atoms with E-state index in [1.807, 2.05) is 78.2 Å². The van der Waals surface area contributed by atoms with Crippen LogP contribution >= 0.6 is 11.3 Å². The lowest BCUT2D eigenvalue weighted by Crippen LogP contribution is -2.58. The Morgan fingerprint density at radius 1 is 0.621 bits per heavy atom. The fraction of sp³-hybridized carbons (Fsp3) is 0.244. The topological polar surface area (TPSA) is 174 Å². The molecule has 2 heterocycles. The maximum atomic E-state index is 14.5. The van der Waals surface area contributed by atoms with Gasteiger partial charge in [0.1, 0.15) is 24.7 Å².